The van der Waals surface area contributed by atoms with E-state index >= 15 is 0 Å². The van der Waals surface area contributed by atoms with Crippen LogP contribution in [0.25, 0.3) is 0 Å². The van der Waals surface area contributed by atoms with Gasteiger partial charge in [0.15, 0.2) is 0 Å². The van der Waals surface area contributed by atoms with Gasteiger partial charge in [-0.25, -0.2) is 0 Å². The molecule has 0 radical (unpaired) electrons. The molecule has 1 aliphatic heterocycles. The molecular weight excluding hydrogens is 228 g/mol. The molecule has 2 heterocycles. The minimum atomic E-state index is 0.0279. The van der Waals surface area contributed by atoms with Crippen molar-refractivity contribution in [2.75, 3.05) is 18.4 Å². The van der Waals surface area contributed by atoms with Crippen LogP contribution in [0.15, 0.2) is 6.07 Å². The lowest BCUT2D eigenvalue weighted by molar-refractivity contribution is -0.120. The summed E-state index contributed by atoms with van der Waals surface area (Å²) >= 11 is 0. The van der Waals surface area contributed by atoms with Gasteiger partial charge in [-0.15, -0.1) is 0 Å². The van der Waals surface area contributed by atoms with E-state index in [9.17, 15) is 4.79 Å². The fourth-order valence-electron chi connectivity index (χ4n) is 2.62. The van der Waals surface area contributed by atoms with Gasteiger partial charge in [0.2, 0.25) is 5.91 Å². The molecule has 1 saturated heterocycles. The number of hydrogen-bond donors (Lipinski definition) is 1. The highest BCUT2D eigenvalue weighted by Crippen LogP contribution is 2.19. The summed E-state index contributed by atoms with van der Waals surface area (Å²) in [6.07, 6.45) is 3.17. The number of nitrogens with zero attached hydrogens (tertiary/aromatic N) is 3. The van der Waals surface area contributed by atoms with Crippen LogP contribution in [0.1, 0.15) is 31.9 Å². The van der Waals surface area contributed by atoms with Gasteiger partial charge in [0.05, 0.1) is 11.7 Å². The van der Waals surface area contributed by atoms with Crippen molar-refractivity contribution in [3.05, 3.63) is 11.8 Å². The molecule has 1 atom stereocenters. The third kappa shape index (κ3) is 2.72. The van der Waals surface area contributed by atoms with E-state index in [4.69, 9.17) is 0 Å². The molecule has 0 saturated carbocycles. The summed E-state index contributed by atoms with van der Waals surface area (Å²) in [6, 6.07) is 1.93. The summed E-state index contributed by atoms with van der Waals surface area (Å²) in [5.74, 6) is 0.879. The molecule has 1 aromatic rings. The topological polar surface area (TPSA) is 50.2 Å². The van der Waals surface area contributed by atoms with Crippen LogP contribution in [0.2, 0.25) is 0 Å². The predicted octanol–water partition coefficient (Wildman–Crippen LogP) is 1.54. The number of nitrogens with one attached hydrogen (secondary N) is 1. The first-order valence-corrected chi connectivity index (χ1v) is 6.67. The average molecular weight is 250 g/mol. The predicted molar refractivity (Wildman–Crippen MR) is 71.5 cm³/mol. The molecule has 5 heteroatoms. The normalized spacial score (nSPS) is 20.3. The largest absolute Gasteiger partial charge is 0.310 e. The number of carbonyl (C=O) groups is 1. The highest BCUT2D eigenvalue weighted by molar-refractivity contribution is 5.94. The number of aromatic nitrogens is 2. The molecule has 1 amide bonds. The molecular formula is C13H22N4O. The van der Waals surface area contributed by atoms with E-state index in [0.29, 0.717) is 0 Å². The third-order valence-electron chi connectivity index (χ3n) is 3.43. The second-order valence-corrected chi connectivity index (χ2v) is 4.98. The maximum absolute atomic E-state index is 12.3. The van der Waals surface area contributed by atoms with Crippen LogP contribution >= 0.6 is 0 Å². The summed E-state index contributed by atoms with van der Waals surface area (Å²) < 4.78 is 1.71. The molecule has 100 valence electrons. The highest BCUT2D eigenvalue weighted by Gasteiger charge is 2.30. The van der Waals surface area contributed by atoms with Gasteiger partial charge in [0, 0.05) is 13.1 Å². The zero-order chi connectivity index (χ0) is 13.1. The van der Waals surface area contributed by atoms with E-state index in [2.05, 4.69) is 22.2 Å². The van der Waals surface area contributed by atoms with Crippen LogP contribution < -0.4 is 5.32 Å². The average Bonchev–Trinajstić information content (AvgIpc) is 2.87. The molecule has 0 aromatic carbocycles. The Labute approximate surface area is 108 Å². The maximum Gasteiger partial charge on any atom is 0.242 e. The molecule has 5 nitrogen and oxygen atoms in total. The Hall–Kier alpha value is -1.36. The molecule has 18 heavy (non-hydrogen) atoms. The SMILES string of the molecule is CCCN1CCCC1C(=O)Nc1cc(C)nn1C. The van der Waals surface area contributed by atoms with Gasteiger partial charge >= 0.3 is 0 Å². The zero-order valence-corrected chi connectivity index (χ0v) is 11.4. The second kappa shape index (κ2) is 5.52. The van der Waals surface area contributed by atoms with Gasteiger partial charge in [-0.2, -0.15) is 5.10 Å². The van der Waals surface area contributed by atoms with Crippen LogP contribution in [-0.4, -0.2) is 39.7 Å². The fraction of sp³-hybridized carbons (Fsp3) is 0.692. The molecule has 1 aromatic heterocycles. The highest BCUT2D eigenvalue weighted by atomic mass is 16.2. The van der Waals surface area contributed by atoms with E-state index in [1.165, 1.54) is 0 Å². The minimum Gasteiger partial charge on any atom is -0.310 e. The van der Waals surface area contributed by atoms with Gasteiger partial charge in [0.1, 0.15) is 5.82 Å². The van der Waals surface area contributed by atoms with Gasteiger partial charge in [-0.05, 0) is 39.3 Å². The Kier molecular flexibility index (Phi) is 4.01. The molecule has 0 spiro atoms. The van der Waals surface area contributed by atoms with Gasteiger partial charge in [-0.3, -0.25) is 14.4 Å². The molecule has 1 unspecified atom stereocenters. The van der Waals surface area contributed by atoms with E-state index in [1.807, 2.05) is 20.0 Å². The van der Waals surface area contributed by atoms with Crippen molar-refractivity contribution < 1.29 is 4.79 Å². The van der Waals surface area contributed by atoms with Gasteiger partial charge in [-0.1, -0.05) is 6.92 Å². The van der Waals surface area contributed by atoms with Crippen molar-refractivity contribution in [2.24, 2.45) is 7.05 Å². The Morgan fingerprint density at radius 2 is 2.39 bits per heavy atom. The minimum absolute atomic E-state index is 0.0279. The van der Waals surface area contributed by atoms with E-state index in [-0.39, 0.29) is 11.9 Å². The number of hydrogen-bond acceptors (Lipinski definition) is 3. The first-order valence-electron chi connectivity index (χ1n) is 6.67. The number of carbonyl (C=O) groups excluding carboxylic acids is 1. The Balaban J connectivity index is 2.01. The van der Waals surface area contributed by atoms with Crippen molar-refractivity contribution in [2.45, 2.75) is 39.2 Å². The van der Waals surface area contributed by atoms with Crippen molar-refractivity contribution in [3.8, 4) is 0 Å². The molecule has 1 aliphatic rings. The Bertz CT molecular complexity index is 427. The molecule has 0 aliphatic carbocycles. The standard InChI is InChI=1S/C13H22N4O/c1-4-7-17-8-5-6-11(17)13(18)14-12-9-10(2)15-16(12)3/h9,11H,4-8H2,1-3H3,(H,14,18). The molecule has 1 fully saturated rings. The van der Waals surface area contributed by atoms with Crippen LogP contribution in [0, 0.1) is 6.92 Å². The van der Waals surface area contributed by atoms with Crippen LogP contribution in [0.3, 0.4) is 0 Å². The fourth-order valence-corrected chi connectivity index (χ4v) is 2.62. The number of rotatable bonds is 4. The van der Waals surface area contributed by atoms with E-state index < -0.39 is 0 Å². The Morgan fingerprint density at radius 3 is 3.00 bits per heavy atom. The van der Waals surface area contributed by atoms with Crippen molar-refractivity contribution in [1.29, 1.82) is 0 Å². The summed E-state index contributed by atoms with van der Waals surface area (Å²) in [5.41, 5.74) is 0.921. The molecule has 1 N–H and O–H groups in total. The molecule has 2 rings (SSSR count). The maximum atomic E-state index is 12.3. The number of aryl methyl sites for hydroxylation is 2. The van der Waals surface area contributed by atoms with Crippen LogP contribution in [0.4, 0.5) is 5.82 Å². The third-order valence-corrected chi connectivity index (χ3v) is 3.43. The lowest BCUT2D eigenvalue weighted by Gasteiger charge is -2.22. The number of amides is 1. The van der Waals surface area contributed by atoms with Gasteiger partial charge < -0.3 is 5.32 Å². The second-order valence-electron chi connectivity index (χ2n) is 4.98. The van der Waals surface area contributed by atoms with Crippen LogP contribution in [0.5, 0.6) is 0 Å². The Morgan fingerprint density at radius 1 is 1.61 bits per heavy atom. The summed E-state index contributed by atoms with van der Waals surface area (Å²) in [5, 5.41) is 7.22. The van der Waals surface area contributed by atoms with Crippen LogP contribution in [-0.2, 0) is 11.8 Å². The summed E-state index contributed by atoms with van der Waals surface area (Å²) in [7, 11) is 1.85. The first-order chi connectivity index (χ1) is 8.61. The zero-order valence-electron chi connectivity index (χ0n) is 11.4. The van der Waals surface area contributed by atoms with Crippen molar-refractivity contribution in [3.63, 3.8) is 0 Å². The lowest BCUT2D eigenvalue weighted by atomic mass is 10.2. The summed E-state index contributed by atoms with van der Waals surface area (Å²) in [4.78, 5) is 14.5. The van der Waals surface area contributed by atoms with Crippen molar-refractivity contribution >= 4 is 11.7 Å². The first kappa shape index (κ1) is 13.1. The van der Waals surface area contributed by atoms with Crippen molar-refractivity contribution in [1.82, 2.24) is 14.7 Å². The molecule has 0 bridgehead atoms. The monoisotopic (exact) mass is 250 g/mol. The van der Waals surface area contributed by atoms with E-state index in [0.717, 1.165) is 43.9 Å². The quantitative estimate of drug-likeness (QED) is 0.882. The lowest BCUT2D eigenvalue weighted by Crippen LogP contribution is -2.40. The smallest absolute Gasteiger partial charge is 0.242 e. The summed E-state index contributed by atoms with van der Waals surface area (Å²) in [6.45, 7) is 6.12. The van der Waals surface area contributed by atoms with E-state index in [1.54, 1.807) is 4.68 Å². The number of anilines is 1. The number of likely N-dealkylation sites (tertiary alicyclic amines) is 1. The van der Waals surface area contributed by atoms with Gasteiger partial charge in [0.25, 0.3) is 0 Å².